The highest BCUT2D eigenvalue weighted by Crippen LogP contribution is 2.54. The van der Waals surface area contributed by atoms with Gasteiger partial charge in [0.05, 0.1) is 6.61 Å². The Hall–Kier alpha value is -1.68. The third-order valence-corrected chi connectivity index (χ3v) is 5.77. The van der Waals surface area contributed by atoms with E-state index in [2.05, 4.69) is 17.0 Å². The molecule has 116 valence electrons. The van der Waals surface area contributed by atoms with Crippen LogP contribution < -0.4 is 0 Å². The van der Waals surface area contributed by atoms with E-state index >= 15 is 0 Å². The lowest BCUT2D eigenvalue weighted by Gasteiger charge is -2.52. The van der Waals surface area contributed by atoms with Gasteiger partial charge in [0.25, 0.3) is 0 Å². The summed E-state index contributed by atoms with van der Waals surface area (Å²) < 4.78 is 5.30. The quantitative estimate of drug-likeness (QED) is 0.619. The van der Waals surface area contributed by atoms with Crippen molar-refractivity contribution in [3.63, 3.8) is 0 Å². The minimum atomic E-state index is -0.903. The molecule has 4 heteroatoms. The maximum Gasteiger partial charge on any atom is 0.321 e. The van der Waals surface area contributed by atoms with Gasteiger partial charge in [0.15, 0.2) is 5.78 Å². The van der Waals surface area contributed by atoms with Crippen molar-refractivity contribution in [1.29, 1.82) is 0 Å². The van der Waals surface area contributed by atoms with Crippen molar-refractivity contribution in [3.8, 4) is 0 Å². The maximum absolute atomic E-state index is 13.0. The number of ether oxygens (including phenoxy) is 1. The SMILES string of the molecule is C[C@]12CC[C@H]3COC(=O)[C@@]3(CN(Cc3ccccc3)C1)C2=O. The first kappa shape index (κ1) is 13.9. The molecular weight excluding hydrogens is 278 g/mol. The molecule has 0 radical (unpaired) electrons. The maximum atomic E-state index is 13.0. The van der Waals surface area contributed by atoms with Crippen LogP contribution in [0.3, 0.4) is 0 Å². The number of piperidine rings is 1. The Kier molecular flexibility index (Phi) is 2.95. The molecule has 3 atom stereocenters. The molecule has 0 aromatic heterocycles. The zero-order valence-corrected chi connectivity index (χ0v) is 12.9. The van der Waals surface area contributed by atoms with E-state index in [-0.39, 0.29) is 17.7 Å². The van der Waals surface area contributed by atoms with E-state index in [1.165, 1.54) is 5.56 Å². The predicted octanol–water partition coefficient (Wildman–Crippen LogP) is 2.03. The van der Waals surface area contributed by atoms with Gasteiger partial charge in [0.1, 0.15) is 5.41 Å². The monoisotopic (exact) mass is 299 g/mol. The van der Waals surface area contributed by atoms with Gasteiger partial charge in [-0.3, -0.25) is 14.5 Å². The summed E-state index contributed by atoms with van der Waals surface area (Å²) >= 11 is 0. The molecule has 2 saturated heterocycles. The molecule has 1 saturated carbocycles. The van der Waals surface area contributed by atoms with Crippen LogP contribution in [0.4, 0.5) is 0 Å². The number of ketones is 1. The van der Waals surface area contributed by atoms with Crippen LogP contribution in [-0.4, -0.2) is 36.3 Å². The number of hydrogen-bond donors (Lipinski definition) is 0. The second kappa shape index (κ2) is 4.66. The lowest BCUT2D eigenvalue weighted by atomic mass is 9.55. The van der Waals surface area contributed by atoms with Crippen LogP contribution in [0.2, 0.25) is 0 Å². The number of cyclic esters (lactones) is 1. The Morgan fingerprint density at radius 1 is 1.23 bits per heavy atom. The molecule has 2 heterocycles. The minimum absolute atomic E-state index is 0.0687. The minimum Gasteiger partial charge on any atom is -0.465 e. The lowest BCUT2D eigenvalue weighted by molar-refractivity contribution is -0.168. The Morgan fingerprint density at radius 2 is 2.00 bits per heavy atom. The summed E-state index contributed by atoms with van der Waals surface area (Å²) in [6, 6.07) is 10.2. The Morgan fingerprint density at radius 3 is 2.77 bits per heavy atom. The normalized spacial score (nSPS) is 37.8. The van der Waals surface area contributed by atoms with Crippen molar-refractivity contribution in [2.45, 2.75) is 26.3 Å². The van der Waals surface area contributed by atoms with Crippen LogP contribution in [0.5, 0.6) is 0 Å². The van der Waals surface area contributed by atoms with Crippen LogP contribution in [-0.2, 0) is 20.9 Å². The fourth-order valence-electron chi connectivity index (χ4n) is 4.64. The third-order valence-electron chi connectivity index (χ3n) is 5.77. The molecule has 1 aliphatic carbocycles. The van der Waals surface area contributed by atoms with E-state index < -0.39 is 10.8 Å². The van der Waals surface area contributed by atoms with Crippen LogP contribution in [0.25, 0.3) is 0 Å². The number of rotatable bonds is 2. The third kappa shape index (κ3) is 1.80. The number of benzene rings is 1. The number of esters is 1. The highest BCUT2D eigenvalue weighted by Gasteiger charge is 2.67. The number of carbonyl (C=O) groups is 2. The van der Waals surface area contributed by atoms with Crippen molar-refractivity contribution in [3.05, 3.63) is 35.9 Å². The number of Topliss-reactive ketones (excluding diaryl/α,β-unsaturated/α-hetero) is 1. The average Bonchev–Trinajstić information content (AvgIpc) is 2.80. The predicted molar refractivity (Wildman–Crippen MR) is 80.9 cm³/mol. The van der Waals surface area contributed by atoms with Crippen molar-refractivity contribution in [1.82, 2.24) is 4.90 Å². The summed E-state index contributed by atoms with van der Waals surface area (Å²) in [5.41, 5.74) is -0.0924. The fourth-order valence-corrected chi connectivity index (χ4v) is 4.64. The van der Waals surface area contributed by atoms with Crippen molar-refractivity contribution >= 4 is 11.8 Å². The summed E-state index contributed by atoms with van der Waals surface area (Å²) in [7, 11) is 0. The molecule has 2 aliphatic heterocycles. The van der Waals surface area contributed by atoms with Gasteiger partial charge in [-0.2, -0.15) is 0 Å². The standard InChI is InChI=1S/C18H21NO3/c1-17-8-7-14-10-22-16(21)18(14,15(17)20)12-19(11-17)9-13-5-3-2-4-6-13/h2-6,14H,7-12H2,1H3/t14-,17-,18+/m0/s1. The Labute approximate surface area is 130 Å². The van der Waals surface area contributed by atoms with E-state index in [0.29, 0.717) is 13.2 Å². The fraction of sp³-hybridized carbons (Fsp3) is 0.556. The second-order valence-electron chi connectivity index (χ2n) is 7.33. The number of hydrogen-bond acceptors (Lipinski definition) is 4. The number of fused-ring (bicyclic) bond motifs is 1. The van der Waals surface area contributed by atoms with E-state index in [0.717, 1.165) is 25.9 Å². The number of nitrogens with zero attached hydrogens (tertiary/aromatic N) is 1. The van der Waals surface area contributed by atoms with Crippen LogP contribution in [0.1, 0.15) is 25.3 Å². The summed E-state index contributed by atoms with van der Waals surface area (Å²) in [5, 5.41) is 0. The number of likely N-dealkylation sites (tertiary alicyclic amines) is 1. The van der Waals surface area contributed by atoms with Gasteiger partial charge < -0.3 is 4.74 Å². The molecule has 1 spiro atoms. The summed E-state index contributed by atoms with van der Waals surface area (Å²) in [5.74, 6) is -0.0894. The Bertz CT molecular complexity index is 628. The van der Waals surface area contributed by atoms with Gasteiger partial charge in [0.2, 0.25) is 0 Å². The summed E-state index contributed by atoms with van der Waals surface area (Å²) in [6.07, 6.45) is 1.79. The van der Waals surface area contributed by atoms with Crippen LogP contribution in [0.15, 0.2) is 30.3 Å². The summed E-state index contributed by atoms with van der Waals surface area (Å²) in [6.45, 7) is 4.48. The molecule has 0 amide bonds. The second-order valence-corrected chi connectivity index (χ2v) is 7.33. The Balaban J connectivity index is 1.68. The zero-order chi connectivity index (χ0) is 15.4. The first-order chi connectivity index (χ1) is 10.5. The van der Waals surface area contributed by atoms with Crippen molar-refractivity contribution in [2.75, 3.05) is 19.7 Å². The van der Waals surface area contributed by atoms with Gasteiger partial charge in [-0.25, -0.2) is 0 Å². The van der Waals surface area contributed by atoms with Gasteiger partial charge in [-0.15, -0.1) is 0 Å². The number of carbonyl (C=O) groups excluding carboxylic acids is 2. The van der Waals surface area contributed by atoms with Crippen LogP contribution in [0, 0.1) is 16.7 Å². The molecule has 1 aromatic carbocycles. The molecule has 22 heavy (non-hydrogen) atoms. The largest absolute Gasteiger partial charge is 0.465 e. The lowest BCUT2D eigenvalue weighted by Crippen LogP contribution is -2.65. The molecule has 2 bridgehead atoms. The molecule has 3 aliphatic rings. The van der Waals surface area contributed by atoms with Gasteiger partial charge >= 0.3 is 5.97 Å². The topological polar surface area (TPSA) is 46.6 Å². The van der Waals surface area contributed by atoms with E-state index in [4.69, 9.17) is 4.74 Å². The van der Waals surface area contributed by atoms with Gasteiger partial charge in [-0.05, 0) is 18.4 Å². The smallest absolute Gasteiger partial charge is 0.321 e. The molecule has 3 fully saturated rings. The van der Waals surface area contributed by atoms with E-state index in [1.54, 1.807) is 0 Å². The highest BCUT2D eigenvalue weighted by atomic mass is 16.5. The molecule has 0 unspecified atom stereocenters. The van der Waals surface area contributed by atoms with Gasteiger partial charge in [0, 0.05) is 31.0 Å². The van der Waals surface area contributed by atoms with E-state index in [1.807, 2.05) is 25.1 Å². The first-order valence-corrected chi connectivity index (χ1v) is 8.03. The molecule has 4 nitrogen and oxygen atoms in total. The van der Waals surface area contributed by atoms with Crippen molar-refractivity contribution < 1.29 is 14.3 Å². The first-order valence-electron chi connectivity index (χ1n) is 8.03. The summed E-state index contributed by atoms with van der Waals surface area (Å²) in [4.78, 5) is 27.7. The average molecular weight is 299 g/mol. The van der Waals surface area contributed by atoms with Crippen LogP contribution >= 0.6 is 0 Å². The van der Waals surface area contributed by atoms with E-state index in [9.17, 15) is 9.59 Å². The molecule has 1 aromatic rings. The van der Waals surface area contributed by atoms with Crippen molar-refractivity contribution in [2.24, 2.45) is 16.7 Å². The molecule has 4 rings (SSSR count). The molecule has 0 N–H and O–H groups in total. The zero-order valence-electron chi connectivity index (χ0n) is 12.9. The highest BCUT2D eigenvalue weighted by molar-refractivity contribution is 6.09. The molecular formula is C18H21NO3. The van der Waals surface area contributed by atoms with Gasteiger partial charge in [-0.1, -0.05) is 37.3 Å².